The molecule has 4 N–H and O–H groups in total. The summed E-state index contributed by atoms with van der Waals surface area (Å²) in [5, 5.41) is 12.5. The second kappa shape index (κ2) is 8.57. The molecule has 3 aromatic rings. The van der Waals surface area contributed by atoms with Gasteiger partial charge in [0.05, 0.1) is 11.4 Å². The van der Waals surface area contributed by atoms with Crippen LogP contribution in [0, 0.1) is 5.41 Å². The van der Waals surface area contributed by atoms with Crippen molar-refractivity contribution in [3.05, 3.63) is 117 Å². The van der Waals surface area contributed by atoms with Crippen molar-refractivity contribution in [1.29, 1.82) is 5.41 Å². The van der Waals surface area contributed by atoms with E-state index in [2.05, 4.69) is 5.32 Å². The van der Waals surface area contributed by atoms with Crippen LogP contribution in [0.1, 0.15) is 16.7 Å². The van der Waals surface area contributed by atoms with Gasteiger partial charge in [-0.25, -0.2) is 4.99 Å². The molecule has 6 heteroatoms. The number of rotatable bonds is 4. The zero-order chi connectivity index (χ0) is 21.1. The molecule has 0 saturated heterocycles. The Morgan fingerprint density at radius 3 is 1.93 bits per heavy atom. The minimum atomic E-state index is -0.0614. The molecule has 0 bridgehead atoms. The van der Waals surface area contributed by atoms with E-state index in [1.54, 1.807) is 6.08 Å². The molecule has 3 aromatic carbocycles. The SMILES string of the molecule is N=C(N)C=C1NC(c2ccccc2)=NC(c2ccc(Cl)cc2)=C1c1ccc(Cl)cc1. The fourth-order valence-corrected chi connectivity index (χ4v) is 3.49. The van der Waals surface area contributed by atoms with Crippen LogP contribution in [0.25, 0.3) is 11.3 Å². The van der Waals surface area contributed by atoms with Gasteiger partial charge in [0.15, 0.2) is 0 Å². The maximum absolute atomic E-state index is 7.85. The number of aliphatic imine (C=N–C) groups is 1. The molecule has 30 heavy (non-hydrogen) atoms. The minimum Gasteiger partial charge on any atom is -0.384 e. The van der Waals surface area contributed by atoms with E-state index in [1.165, 1.54) is 0 Å². The number of nitrogens with zero attached hydrogens (tertiary/aromatic N) is 1. The Bertz CT molecular complexity index is 1180. The molecule has 0 atom stereocenters. The van der Waals surface area contributed by atoms with Crippen LogP contribution in [0.3, 0.4) is 0 Å². The van der Waals surface area contributed by atoms with Crippen LogP contribution < -0.4 is 11.1 Å². The average Bonchev–Trinajstić information content (AvgIpc) is 2.75. The first-order valence-corrected chi connectivity index (χ1v) is 10.0. The van der Waals surface area contributed by atoms with Gasteiger partial charge < -0.3 is 11.1 Å². The molecule has 0 fully saturated rings. The number of hydrogen-bond acceptors (Lipinski definition) is 3. The molecule has 4 rings (SSSR count). The normalized spacial score (nSPS) is 15.0. The van der Waals surface area contributed by atoms with Crippen molar-refractivity contribution in [3.8, 4) is 0 Å². The number of benzene rings is 3. The smallest absolute Gasteiger partial charge is 0.138 e. The summed E-state index contributed by atoms with van der Waals surface area (Å²) < 4.78 is 0. The summed E-state index contributed by atoms with van der Waals surface area (Å²) in [6.07, 6.45) is 1.59. The topological polar surface area (TPSA) is 74.3 Å². The minimum absolute atomic E-state index is 0.0614. The third-order valence-corrected chi connectivity index (χ3v) is 5.08. The van der Waals surface area contributed by atoms with E-state index >= 15 is 0 Å². The Balaban J connectivity index is 2.01. The van der Waals surface area contributed by atoms with E-state index in [1.807, 2.05) is 78.9 Å². The van der Waals surface area contributed by atoms with Gasteiger partial charge in [0, 0.05) is 32.8 Å². The fraction of sp³-hybridized carbons (Fsp3) is 0. The maximum atomic E-state index is 7.85. The summed E-state index contributed by atoms with van der Waals surface area (Å²) in [6, 6.07) is 24.8. The van der Waals surface area contributed by atoms with Gasteiger partial charge in [0.2, 0.25) is 0 Å². The zero-order valence-electron chi connectivity index (χ0n) is 15.9. The van der Waals surface area contributed by atoms with Gasteiger partial charge in [0.25, 0.3) is 0 Å². The monoisotopic (exact) mass is 432 g/mol. The maximum Gasteiger partial charge on any atom is 0.138 e. The molecule has 0 aromatic heterocycles. The molecule has 0 saturated carbocycles. The lowest BCUT2D eigenvalue weighted by atomic mass is 9.94. The molecule has 1 aliphatic heterocycles. The molecule has 148 valence electrons. The van der Waals surface area contributed by atoms with E-state index < -0.39 is 0 Å². The summed E-state index contributed by atoms with van der Waals surface area (Å²) in [5.41, 5.74) is 10.7. The van der Waals surface area contributed by atoms with Gasteiger partial charge in [-0.3, -0.25) is 5.41 Å². The van der Waals surface area contributed by atoms with Gasteiger partial charge >= 0.3 is 0 Å². The van der Waals surface area contributed by atoms with E-state index in [0.29, 0.717) is 21.6 Å². The molecule has 0 spiro atoms. The highest BCUT2D eigenvalue weighted by molar-refractivity contribution is 6.31. The lowest BCUT2D eigenvalue weighted by Gasteiger charge is -2.25. The number of hydrogen-bond donors (Lipinski definition) is 3. The second-order valence-corrected chi connectivity index (χ2v) is 7.58. The van der Waals surface area contributed by atoms with E-state index in [-0.39, 0.29) is 5.84 Å². The van der Waals surface area contributed by atoms with Crippen molar-refractivity contribution in [1.82, 2.24) is 5.32 Å². The second-order valence-electron chi connectivity index (χ2n) is 6.70. The summed E-state index contributed by atoms with van der Waals surface area (Å²) in [6.45, 7) is 0. The molecule has 0 amide bonds. The standard InChI is InChI=1S/C24H18Cl2N4/c25-18-10-6-15(7-11-18)22-20(14-21(27)28)29-24(17-4-2-1-3-5-17)30-23(22)16-8-12-19(26)13-9-16/h1-14H,(H3,27,28)(H,29,30). The van der Waals surface area contributed by atoms with Crippen LogP contribution in [0.4, 0.5) is 0 Å². The van der Waals surface area contributed by atoms with Crippen LogP contribution in [-0.2, 0) is 0 Å². The molecule has 0 unspecified atom stereocenters. The molecular formula is C24H18Cl2N4. The number of allylic oxidation sites excluding steroid dienone is 1. The average molecular weight is 433 g/mol. The Labute approximate surface area is 184 Å². The van der Waals surface area contributed by atoms with Gasteiger partial charge in [-0.15, -0.1) is 0 Å². The van der Waals surface area contributed by atoms with E-state index in [4.69, 9.17) is 39.3 Å². The first kappa shape index (κ1) is 20.0. The number of amidine groups is 2. The number of nitrogens with two attached hydrogens (primary N) is 1. The molecule has 0 aliphatic carbocycles. The van der Waals surface area contributed by atoms with Crippen molar-refractivity contribution in [3.63, 3.8) is 0 Å². The fourth-order valence-electron chi connectivity index (χ4n) is 3.24. The van der Waals surface area contributed by atoms with Crippen molar-refractivity contribution in [2.75, 3.05) is 0 Å². The van der Waals surface area contributed by atoms with Crippen LogP contribution in [0.5, 0.6) is 0 Å². The first-order chi connectivity index (χ1) is 14.5. The van der Waals surface area contributed by atoms with Crippen LogP contribution in [-0.4, -0.2) is 11.7 Å². The Morgan fingerprint density at radius 2 is 1.37 bits per heavy atom. The van der Waals surface area contributed by atoms with Gasteiger partial charge in [0.1, 0.15) is 11.7 Å². The summed E-state index contributed by atoms with van der Waals surface area (Å²) in [5.74, 6) is 0.611. The van der Waals surface area contributed by atoms with Crippen molar-refractivity contribution in [2.24, 2.45) is 10.7 Å². The van der Waals surface area contributed by atoms with Crippen molar-refractivity contribution >= 4 is 46.1 Å². The predicted molar refractivity (Wildman–Crippen MR) is 126 cm³/mol. The molecule has 1 aliphatic rings. The van der Waals surface area contributed by atoms with Crippen molar-refractivity contribution < 1.29 is 0 Å². The number of halogens is 2. The van der Waals surface area contributed by atoms with Gasteiger partial charge in [-0.1, -0.05) is 77.8 Å². The third kappa shape index (κ3) is 4.30. The third-order valence-electron chi connectivity index (χ3n) is 4.58. The summed E-state index contributed by atoms with van der Waals surface area (Å²) in [7, 11) is 0. The zero-order valence-corrected chi connectivity index (χ0v) is 17.4. The van der Waals surface area contributed by atoms with Crippen molar-refractivity contribution in [2.45, 2.75) is 0 Å². The Hall–Kier alpha value is -3.34. The van der Waals surface area contributed by atoms with E-state index in [0.717, 1.165) is 28.0 Å². The highest BCUT2D eigenvalue weighted by Gasteiger charge is 2.23. The molecule has 1 heterocycles. The highest BCUT2D eigenvalue weighted by Crippen LogP contribution is 2.36. The van der Waals surface area contributed by atoms with Crippen LogP contribution in [0.15, 0.2) is 95.6 Å². The van der Waals surface area contributed by atoms with Gasteiger partial charge in [-0.2, -0.15) is 0 Å². The molecule has 4 nitrogen and oxygen atoms in total. The van der Waals surface area contributed by atoms with E-state index in [9.17, 15) is 0 Å². The van der Waals surface area contributed by atoms with Gasteiger partial charge in [-0.05, 0) is 29.8 Å². The van der Waals surface area contributed by atoms with Crippen LogP contribution in [0.2, 0.25) is 10.0 Å². The first-order valence-electron chi connectivity index (χ1n) is 9.24. The summed E-state index contributed by atoms with van der Waals surface area (Å²) >= 11 is 12.2. The van der Waals surface area contributed by atoms with Crippen LogP contribution >= 0.6 is 23.2 Å². The Kier molecular flexibility index (Phi) is 5.70. The lowest BCUT2D eigenvalue weighted by Crippen LogP contribution is -2.29. The lowest BCUT2D eigenvalue weighted by molar-refractivity contribution is 1.15. The predicted octanol–water partition coefficient (Wildman–Crippen LogP) is 5.73. The molecule has 0 radical (unpaired) electrons. The highest BCUT2D eigenvalue weighted by atomic mass is 35.5. The quantitative estimate of drug-likeness (QED) is 0.363. The summed E-state index contributed by atoms with van der Waals surface area (Å²) in [4.78, 5) is 4.95. The largest absolute Gasteiger partial charge is 0.384 e. The molecular weight excluding hydrogens is 415 g/mol. The Morgan fingerprint density at radius 1 is 0.800 bits per heavy atom. The number of nitrogens with one attached hydrogen (secondary N) is 2.